The van der Waals surface area contributed by atoms with Gasteiger partial charge in [-0.2, -0.15) is 5.26 Å². The largest absolute Gasteiger partial charge is 0.490 e. The second kappa shape index (κ2) is 25.4. The Bertz CT molecular complexity index is 1520. The maximum Gasteiger partial charge on any atom is 0.259 e. The van der Waals surface area contributed by atoms with E-state index in [4.69, 9.17) is 23.3 Å². The number of nitriles is 1. The van der Waals surface area contributed by atoms with Gasteiger partial charge in [0.05, 0.1) is 38.4 Å². The molecule has 8 heteroatoms. The minimum atomic E-state index is -1.41. The molecule has 0 bridgehead atoms. The molecule has 308 valence electrons. The van der Waals surface area contributed by atoms with Crippen LogP contribution in [0.3, 0.4) is 0 Å². The van der Waals surface area contributed by atoms with E-state index < -0.39 is 14.1 Å². The summed E-state index contributed by atoms with van der Waals surface area (Å²) in [6.45, 7) is 14.0. The molecule has 0 aromatic heterocycles. The highest BCUT2D eigenvalue weighted by Crippen LogP contribution is 2.54. The minimum Gasteiger partial charge on any atom is -0.490 e. The molecule has 1 heterocycles. The van der Waals surface area contributed by atoms with Gasteiger partial charge in [-0.15, -0.1) is 0 Å². The van der Waals surface area contributed by atoms with Crippen LogP contribution in [0.25, 0.3) is 0 Å². The molecule has 2 unspecified atom stereocenters. The Morgan fingerprint density at radius 1 is 0.625 bits per heavy atom. The summed E-state index contributed by atoms with van der Waals surface area (Å²) in [6.07, 6.45) is 19.6. The van der Waals surface area contributed by atoms with E-state index in [-0.39, 0.29) is 18.2 Å². The zero-order valence-electron chi connectivity index (χ0n) is 35.5. The molecule has 0 amide bonds. The SMILES string of the molecule is CCCCCCCCCCCCCCC(CCC)Oc1ccccc1C1(OCCOP(OCCC#N)N(C(C)C)C(C)C)c2ccccc2Oc2ccccc21. The quantitative estimate of drug-likeness (QED) is 0.0512. The summed E-state index contributed by atoms with van der Waals surface area (Å²) in [5, 5.41) is 9.20. The molecule has 3 aromatic rings. The van der Waals surface area contributed by atoms with Gasteiger partial charge in [-0.25, -0.2) is 4.67 Å². The lowest BCUT2D eigenvalue weighted by molar-refractivity contribution is -0.0127. The lowest BCUT2D eigenvalue weighted by Crippen LogP contribution is -2.38. The third-order valence-corrected chi connectivity index (χ3v) is 12.7. The number of hydrogen-bond acceptors (Lipinski definition) is 7. The summed E-state index contributed by atoms with van der Waals surface area (Å²) in [7, 11) is -1.41. The van der Waals surface area contributed by atoms with Crippen LogP contribution in [0.15, 0.2) is 72.8 Å². The molecule has 7 nitrogen and oxygen atoms in total. The fourth-order valence-corrected chi connectivity index (χ4v) is 9.51. The first kappa shape index (κ1) is 45.7. The molecule has 2 atom stereocenters. The molecule has 0 saturated carbocycles. The van der Waals surface area contributed by atoms with Crippen LogP contribution in [0.1, 0.15) is 161 Å². The molecule has 0 saturated heterocycles. The van der Waals surface area contributed by atoms with Crippen molar-refractivity contribution in [2.75, 3.05) is 19.8 Å². The van der Waals surface area contributed by atoms with Crippen molar-refractivity contribution in [2.45, 2.75) is 168 Å². The maximum atomic E-state index is 9.20. The molecule has 4 rings (SSSR count). The first-order valence-corrected chi connectivity index (χ1v) is 23.0. The zero-order chi connectivity index (χ0) is 40.0. The molecule has 56 heavy (non-hydrogen) atoms. The Kier molecular flexibility index (Phi) is 20.7. The standard InChI is InChI=1S/C48H71N2O5P/c1-7-9-10-11-12-13-14-15-16-17-18-19-28-41(27-8-2)54-45-32-23-20-29-42(45)48(43-30-21-24-33-46(43)55-47-34-25-22-31-44(47)48)51-37-38-53-56(52-36-26-35-49)50(39(3)4)40(5)6/h20-25,29-34,39-41H,7-19,26-28,36-38H2,1-6H3. The number of ether oxygens (including phenoxy) is 3. The van der Waals surface area contributed by atoms with Crippen molar-refractivity contribution in [3.8, 4) is 23.3 Å². The van der Waals surface area contributed by atoms with Crippen molar-refractivity contribution in [2.24, 2.45) is 0 Å². The summed E-state index contributed by atoms with van der Waals surface area (Å²) in [5.41, 5.74) is 1.80. The van der Waals surface area contributed by atoms with E-state index in [9.17, 15) is 5.26 Å². The Morgan fingerprint density at radius 3 is 1.70 bits per heavy atom. The Labute approximate surface area is 341 Å². The van der Waals surface area contributed by atoms with E-state index in [1.807, 2.05) is 36.4 Å². The summed E-state index contributed by atoms with van der Waals surface area (Å²) < 4.78 is 35.8. The van der Waals surface area contributed by atoms with Crippen LogP contribution in [-0.2, 0) is 19.4 Å². The number of fused-ring (bicyclic) bond motifs is 2. The van der Waals surface area contributed by atoms with Crippen LogP contribution in [0, 0.1) is 11.3 Å². The fourth-order valence-electron chi connectivity index (χ4n) is 7.94. The number of nitrogens with zero attached hydrogens (tertiary/aromatic N) is 2. The van der Waals surface area contributed by atoms with Gasteiger partial charge in [-0.05, 0) is 65.2 Å². The number of unbranched alkanes of at least 4 members (excludes halogenated alkanes) is 11. The van der Waals surface area contributed by atoms with Gasteiger partial charge in [-0.3, -0.25) is 0 Å². The number of hydrogen-bond donors (Lipinski definition) is 0. The van der Waals surface area contributed by atoms with E-state index in [0.29, 0.717) is 26.2 Å². The van der Waals surface area contributed by atoms with E-state index in [2.05, 4.69) is 88.7 Å². The normalized spacial score (nSPS) is 14.3. The van der Waals surface area contributed by atoms with Crippen molar-refractivity contribution in [3.05, 3.63) is 89.5 Å². The van der Waals surface area contributed by atoms with E-state index in [1.54, 1.807) is 0 Å². The Morgan fingerprint density at radius 2 is 1.14 bits per heavy atom. The smallest absolute Gasteiger partial charge is 0.259 e. The predicted molar refractivity (Wildman–Crippen MR) is 231 cm³/mol. The van der Waals surface area contributed by atoms with Gasteiger partial charge < -0.3 is 23.3 Å². The number of rotatable bonds is 29. The molecule has 0 N–H and O–H groups in total. The molecule has 3 aromatic carbocycles. The highest BCUT2D eigenvalue weighted by molar-refractivity contribution is 7.44. The van der Waals surface area contributed by atoms with Gasteiger partial charge in [0.1, 0.15) is 17.2 Å². The summed E-state index contributed by atoms with van der Waals surface area (Å²) >= 11 is 0. The van der Waals surface area contributed by atoms with Gasteiger partial charge in [0, 0.05) is 28.8 Å². The average molecular weight is 787 g/mol. The lowest BCUT2D eigenvalue weighted by Gasteiger charge is -2.41. The topological polar surface area (TPSA) is 73.2 Å². The van der Waals surface area contributed by atoms with Crippen LogP contribution in [-0.4, -0.2) is 42.7 Å². The third kappa shape index (κ3) is 13.3. The van der Waals surface area contributed by atoms with Crippen molar-refractivity contribution >= 4 is 8.53 Å². The van der Waals surface area contributed by atoms with E-state index in [1.165, 1.54) is 77.0 Å². The van der Waals surface area contributed by atoms with Gasteiger partial charge in [-0.1, -0.05) is 145 Å². The molecule has 0 aliphatic carbocycles. The first-order chi connectivity index (χ1) is 27.4. The van der Waals surface area contributed by atoms with Gasteiger partial charge >= 0.3 is 0 Å². The van der Waals surface area contributed by atoms with Crippen LogP contribution in [0.5, 0.6) is 17.2 Å². The van der Waals surface area contributed by atoms with Crippen LogP contribution in [0.2, 0.25) is 0 Å². The Balaban J connectivity index is 1.54. The number of para-hydroxylation sites is 3. The second-order valence-corrected chi connectivity index (χ2v) is 17.2. The molecule has 0 fully saturated rings. The summed E-state index contributed by atoms with van der Waals surface area (Å²) in [4.78, 5) is 0. The van der Waals surface area contributed by atoms with Crippen molar-refractivity contribution < 1.29 is 23.3 Å². The van der Waals surface area contributed by atoms with Gasteiger partial charge in [0.2, 0.25) is 0 Å². The minimum absolute atomic E-state index is 0.113. The van der Waals surface area contributed by atoms with Crippen molar-refractivity contribution in [3.63, 3.8) is 0 Å². The van der Waals surface area contributed by atoms with Gasteiger partial charge in [0.15, 0.2) is 5.60 Å². The van der Waals surface area contributed by atoms with Crippen molar-refractivity contribution in [1.29, 1.82) is 5.26 Å². The monoisotopic (exact) mass is 787 g/mol. The van der Waals surface area contributed by atoms with Gasteiger partial charge in [0.25, 0.3) is 8.53 Å². The average Bonchev–Trinajstić information content (AvgIpc) is 3.19. The molecular formula is C48H71N2O5P. The zero-order valence-corrected chi connectivity index (χ0v) is 36.4. The van der Waals surface area contributed by atoms with Crippen LogP contribution < -0.4 is 9.47 Å². The van der Waals surface area contributed by atoms with Crippen LogP contribution >= 0.6 is 8.53 Å². The molecule has 0 radical (unpaired) electrons. The maximum absolute atomic E-state index is 9.20. The number of benzene rings is 3. The first-order valence-electron chi connectivity index (χ1n) is 21.8. The summed E-state index contributed by atoms with van der Waals surface area (Å²) in [5.74, 6) is 2.36. The second-order valence-electron chi connectivity index (χ2n) is 15.7. The highest BCUT2D eigenvalue weighted by atomic mass is 31.2. The van der Waals surface area contributed by atoms with E-state index in [0.717, 1.165) is 53.2 Å². The molecule has 1 aliphatic heterocycles. The summed E-state index contributed by atoms with van der Waals surface area (Å²) in [6, 6.07) is 27.4. The molecular weight excluding hydrogens is 716 g/mol. The van der Waals surface area contributed by atoms with E-state index >= 15 is 0 Å². The fraction of sp³-hybridized carbons (Fsp3) is 0.604. The van der Waals surface area contributed by atoms with Crippen molar-refractivity contribution in [1.82, 2.24) is 4.67 Å². The molecule has 1 aliphatic rings. The third-order valence-electron chi connectivity index (χ3n) is 10.6. The Hall–Kier alpha value is -2.98. The highest BCUT2D eigenvalue weighted by Gasteiger charge is 2.47. The lowest BCUT2D eigenvalue weighted by atomic mass is 9.77. The van der Waals surface area contributed by atoms with Crippen LogP contribution in [0.4, 0.5) is 0 Å². The molecule has 0 spiro atoms. The predicted octanol–water partition coefficient (Wildman–Crippen LogP) is 14.0.